The highest BCUT2D eigenvalue weighted by Gasteiger charge is 2.39. The molecule has 1 rings (SSSR count). The minimum absolute atomic E-state index is 0.0942. The van der Waals surface area contributed by atoms with Gasteiger partial charge in [-0.05, 0) is 33.6 Å². The topological polar surface area (TPSA) is 70.4 Å². The first-order valence-electron chi connectivity index (χ1n) is 6.56. The molecule has 1 aliphatic heterocycles. The second-order valence-electron chi connectivity index (χ2n) is 6.32. The number of nitrogens with zero attached hydrogens (tertiary/aromatic N) is 2. The first-order chi connectivity index (χ1) is 8.68. The van der Waals surface area contributed by atoms with E-state index in [4.69, 9.17) is 10.00 Å². The highest BCUT2D eigenvalue weighted by atomic mass is 16.6. The molecule has 0 aromatic heterocycles. The van der Waals surface area contributed by atoms with Gasteiger partial charge in [-0.25, -0.2) is 4.79 Å². The minimum atomic E-state index is -0.620. The second-order valence-corrected chi connectivity index (χ2v) is 6.32. The highest BCUT2D eigenvalue weighted by molar-refractivity contribution is 5.87. The number of nitriles is 1. The number of likely N-dealkylation sites (tertiary alicyclic amines) is 1. The molecule has 1 amide bonds. The fourth-order valence-corrected chi connectivity index (χ4v) is 2.23. The van der Waals surface area contributed by atoms with E-state index in [1.165, 1.54) is 0 Å². The van der Waals surface area contributed by atoms with Crippen LogP contribution in [0, 0.1) is 16.7 Å². The van der Waals surface area contributed by atoms with Gasteiger partial charge in [-0.3, -0.25) is 4.79 Å². The molecule has 5 heteroatoms. The van der Waals surface area contributed by atoms with Gasteiger partial charge in [0.2, 0.25) is 0 Å². The van der Waals surface area contributed by atoms with Gasteiger partial charge in [-0.1, -0.05) is 6.92 Å². The van der Waals surface area contributed by atoms with Crippen molar-refractivity contribution in [3.05, 3.63) is 0 Å². The van der Waals surface area contributed by atoms with Crippen LogP contribution < -0.4 is 0 Å². The van der Waals surface area contributed by atoms with Crippen LogP contribution in [-0.4, -0.2) is 35.5 Å². The number of rotatable bonds is 2. The van der Waals surface area contributed by atoms with Crippen molar-refractivity contribution < 1.29 is 14.3 Å². The van der Waals surface area contributed by atoms with E-state index >= 15 is 0 Å². The van der Waals surface area contributed by atoms with Crippen molar-refractivity contribution in [1.82, 2.24) is 4.90 Å². The fourth-order valence-electron chi connectivity index (χ4n) is 2.23. The van der Waals surface area contributed by atoms with Gasteiger partial charge in [0.05, 0.1) is 12.5 Å². The highest BCUT2D eigenvalue weighted by Crippen LogP contribution is 2.32. The predicted octanol–water partition coefficient (Wildman–Crippen LogP) is 2.51. The van der Waals surface area contributed by atoms with E-state index in [9.17, 15) is 9.59 Å². The Hall–Kier alpha value is -1.57. The third-order valence-electron chi connectivity index (χ3n) is 3.26. The van der Waals surface area contributed by atoms with E-state index in [1.54, 1.807) is 4.90 Å². The molecule has 0 radical (unpaired) electrons. The Kier molecular flexibility index (Phi) is 4.56. The second kappa shape index (κ2) is 5.60. The standard InChI is InChI=1S/C14H22N2O3/c1-13(2,3)19-12(18)16-9-5-7-14(4,10-16)11(17)6-8-15/h5-7,9-10H2,1-4H3. The molecule has 1 fully saturated rings. The van der Waals surface area contributed by atoms with Crippen LogP contribution in [0.3, 0.4) is 0 Å². The summed E-state index contributed by atoms with van der Waals surface area (Å²) in [6.07, 6.45) is 0.987. The summed E-state index contributed by atoms with van der Waals surface area (Å²) in [6.45, 7) is 8.20. The molecule has 0 aliphatic carbocycles. The summed E-state index contributed by atoms with van der Waals surface area (Å²) >= 11 is 0. The number of ketones is 1. The van der Waals surface area contributed by atoms with Crippen molar-refractivity contribution in [1.29, 1.82) is 5.26 Å². The maximum Gasteiger partial charge on any atom is 0.410 e. The molecule has 1 saturated heterocycles. The molecular weight excluding hydrogens is 244 g/mol. The lowest BCUT2D eigenvalue weighted by Gasteiger charge is -2.39. The largest absolute Gasteiger partial charge is 0.444 e. The molecule has 1 atom stereocenters. The molecule has 0 aromatic carbocycles. The summed E-state index contributed by atoms with van der Waals surface area (Å²) in [4.78, 5) is 25.6. The lowest BCUT2D eigenvalue weighted by atomic mass is 9.77. The van der Waals surface area contributed by atoms with E-state index in [1.807, 2.05) is 33.8 Å². The summed E-state index contributed by atoms with van der Waals surface area (Å²) in [5.41, 5.74) is -1.16. The zero-order valence-corrected chi connectivity index (χ0v) is 12.2. The molecule has 0 saturated carbocycles. The van der Waals surface area contributed by atoms with Gasteiger partial charge in [-0.2, -0.15) is 5.26 Å². The summed E-state index contributed by atoms with van der Waals surface area (Å²) in [7, 11) is 0. The maximum atomic E-state index is 12.0. The number of Topliss-reactive ketones (excluding diaryl/α,β-unsaturated/α-hetero) is 1. The van der Waals surface area contributed by atoms with Gasteiger partial charge in [0, 0.05) is 18.5 Å². The van der Waals surface area contributed by atoms with Crippen LogP contribution in [0.1, 0.15) is 47.0 Å². The monoisotopic (exact) mass is 266 g/mol. The number of hydrogen-bond acceptors (Lipinski definition) is 4. The van der Waals surface area contributed by atoms with E-state index in [2.05, 4.69) is 0 Å². The lowest BCUT2D eigenvalue weighted by Crippen LogP contribution is -2.49. The number of ether oxygens (including phenoxy) is 1. The molecular formula is C14H22N2O3. The average Bonchev–Trinajstić information content (AvgIpc) is 2.27. The molecule has 19 heavy (non-hydrogen) atoms. The zero-order valence-electron chi connectivity index (χ0n) is 12.2. The van der Waals surface area contributed by atoms with Crippen LogP contribution in [0.4, 0.5) is 4.79 Å². The van der Waals surface area contributed by atoms with Crippen LogP contribution in [-0.2, 0) is 9.53 Å². The number of amides is 1. The van der Waals surface area contributed by atoms with E-state index in [-0.39, 0.29) is 18.3 Å². The Morgan fingerprint density at radius 3 is 2.58 bits per heavy atom. The molecule has 0 aromatic rings. The van der Waals surface area contributed by atoms with Gasteiger partial charge in [0.25, 0.3) is 0 Å². The van der Waals surface area contributed by atoms with Gasteiger partial charge in [0.1, 0.15) is 5.60 Å². The quantitative estimate of drug-likeness (QED) is 0.770. The Balaban J connectivity index is 2.72. The average molecular weight is 266 g/mol. The third kappa shape index (κ3) is 4.23. The SMILES string of the molecule is CC(C)(C)OC(=O)N1CCCC(C)(C(=O)CC#N)C1. The van der Waals surface area contributed by atoms with Crippen LogP contribution in [0.25, 0.3) is 0 Å². The van der Waals surface area contributed by atoms with Gasteiger partial charge in [-0.15, -0.1) is 0 Å². The number of hydrogen-bond donors (Lipinski definition) is 0. The normalized spacial score (nSPS) is 23.6. The maximum absolute atomic E-state index is 12.0. The summed E-state index contributed by atoms with van der Waals surface area (Å²) < 4.78 is 5.32. The smallest absolute Gasteiger partial charge is 0.410 e. The molecule has 106 valence electrons. The Labute approximate surface area is 114 Å². The molecule has 0 N–H and O–H groups in total. The van der Waals surface area contributed by atoms with Crippen LogP contribution in [0.2, 0.25) is 0 Å². The third-order valence-corrected chi connectivity index (χ3v) is 3.26. The molecule has 1 heterocycles. The molecule has 1 unspecified atom stereocenters. The lowest BCUT2D eigenvalue weighted by molar-refractivity contribution is -0.129. The summed E-state index contributed by atoms with van der Waals surface area (Å²) in [5, 5.41) is 8.63. The summed E-state index contributed by atoms with van der Waals surface area (Å²) in [5.74, 6) is -0.0942. The molecule has 0 bridgehead atoms. The van der Waals surface area contributed by atoms with Gasteiger partial charge >= 0.3 is 6.09 Å². The van der Waals surface area contributed by atoms with Crippen molar-refractivity contribution in [2.75, 3.05) is 13.1 Å². The van der Waals surface area contributed by atoms with Crippen molar-refractivity contribution in [2.45, 2.75) is 52.6 Å². The Morgan fingerprint density at radius 2 is 2.05 bits per heavy atom. The van der Waals surface area contributed by atoms with Crippen LogP contribution >= 0.6 is 0 Å². The Morgan fingerprint density at radius 1 is 1.42 bits per heavy atom. The number of carbonyl (C=O) groups excluding carboxylic acids is 2. The van der Waals surface area contributed by atoms with Crippen LogP contribution in [0.5, 0.6) is 0 Å². The van der Waals surface area contributed by atoms with Crippen LogP contribution in [0.15, 0.2) is 0 Å². The summed E-state index contributed by atoms with van der Waals surface area (Å²) in [6, 6.07) is 1.89. The van der Waals surface area contributed by atoms with Crippen molar-refractivity contribution in [3.8, 4) is 6.07 Å². The minimum Gasteiger partial charge on any atom is -0.444 e. The predicted molar refractivity (Wildman–Crippen MR) is 70.4 cm³/mol. The zero-order chi connectivity index (χ0) is 14.7. The van der Waals surface area contributed by atoms with Gasteiger partial charge < -0.3 is 9.64 Å². The Bertz CT molecular complexity index is 406. The van der Waals surface area contributed by atoms with E-state index in [0.717, 1.165) is 6.42 Å². The van der Waals surface area contributed by atoms with E-state index in [0.29, 0.717) is 19.5 Å². The first-order valence-corrected chi connectivity index (χ1v) is 6.56. The van der Waals surface area contributed by atoms with Crippen molar-refractivity contribution in [2.24, 2.45) is 5.41 Å². The first kappa shape index (κ1) is 15.5. The molecule has 0 spiro atoms. The number of piperidine rings is 1. The van der Waals surface area contributed by atoms with Crippen molar-refractivity contribution >= 4 is 11.9 Å². The molecule has 5 nitrogen and oxygen atoms in total. The van der Waals surface area contributed by atoms with Crippen molar-refractivity contribution in [3.63, 3.8) is 0 Å². The molecule has 1 aliphatic rings. The number of carbonyl (C=O) groups is 2. The van der Waals surface area contributed by atoms with E-state index < -0.39 is 11.0 Å². The fraction of sp³-hybridized carbons (Fsp3) is 0.786. The van der Waals surface area contributed by atoms with Gasteiger partial charge in [0.15, 0.2) is 5.78 Å².